The van der Waals surface area contributed by atoms with Gasteiger partial charge < -0.3 is 25.0 Å². The van der Waals surface area contributed by atoms with E-state index in [1.807, 2.05) is 48.5 Å². The van der Waals surface area contributed by atoms with Crippen LogP contribution in [0.3, 0.4) is 0 Å². The molecule has 1 aliphatic rings. The molecule has 0 bridgehead atoms. The van der Waals surface area contributed by atoms with E-state index in [1.54, 1.807) is 34.4 Å². The number of aliphatic hydroxyl groups is 1. The molecule has 13 nitrogen and oxygen atoms in total. The van der Waals surface area contributed by atoms with Crippen molar-refractivity contribution < 1.29 is 34.5 Å². The molecule has 3 unspecified atom stereocenters. The maximum absolute atomic E-state index is 12.7. The molecule has 2 heterocycles. The minimum absolute atomic E-state index is 0.0472. The molecule has 47 heavy (non-hydrogen) atoms. The van der Waals surface area contributed by atoms with E-state index >= 15 is 0 Å². The smallest absolute Gasteiger partial charge is 0.243 e. The molecular weight excluding hydrogens is 624 g/mol. The summed E-state index contributed by atoms with van der Waals surface area (Å²) >= 11 is 1.45. The van der Waals surface area contributed by atoms with Crippen molar-refractivity contribution in [3.63, 3.8) is 0 Å². The Bertz CT molecular complexity index is 1600. The molecule has 1 aromatic heterocycles. The molecule has 5 N–H and O–H groups in total. The van der Waals surface area contributed by atoms with Crippen molar-refractivity contribution >= 4 is 29.3 Å². The predicted molar refractivity (Wildman–Crippen MR) is 173 cm³/mol. The molecule has 0 saturated carbocycles. The number of hydroxylamine groups is 1. The van der Waals surface area contributed by atoms with Crippen molar-refractivity contribution in [3.05, 3.63) is 89.5 Å². The fraction of sp³-hybridized carbons (Fsp3) is 0.364. The number of hydrogen-bond donors (Lipinski definition) is 5. The standard InChI is InChI=1S/C33H38N6O7S/c40-20-22-10-12-23(13-11-22)29-19-28(21-47-33-35-37-38-39(33)26-14-16-27(41)17-15-26)45-32(46-29)24-6-5-7-25(18-24)34-30(42)8-3-1-2-4-9-31(43)36-44/h5-7,10-18,28-29,32,40-41,44H,1-4,8-9,19-21H2,(H,34,42)(H,36,43). The normalized spacial score (nSPS) is 17.7. The Labute approximate surface area is 276 Å². The number of carbonyl (C=O) groups is 2. The number of phenolic OH excluding ortho intramolecular Hbond substituents is 1. The molecule has 3 atom stereocenters. The second kappa shape index (κ2) is 17.0. The summed E-state index contributed by atoms with van der Waals surface area (Å²) in [6.45, 7) is -0.0472. The van der Waals surface area contributed by atoms with E-state index < -0.39 is 12.2 Å². The van der Waals surface area contributed by atoms with Crippen LogP contribution in [0.1, 0.15) is 74.0 Å². The summed E-state index contributed by atoms with van der Waals surface area (Å²) in [6.07, 6.45) is 2.87. The van der Waals surface area contributed by atoms with E-state index in [0.717, 1.165) is 29.5 Å². The fourth-order valence-corrected chi connectivity index (χ4v) is 6.09. The highest BCUT2D eigenvalue weighted by Crippen LogP contribution is 2.40. The topological polar surface area (TPSA) is 181 Å². The summed E-state index contributed by atoms with van der Waals surface area (Å²) in [5.74, 6) is 0.170. The van der Waals surface area contributed by atoms with Gasteiger partial charge in [-0.3, -0.25) is 14.8 Å². The Morgan fingerprint density at radius 2 is 1.66 bits per heavy atom. The maximum atomic E-state index is 12.7. The van der Waals surface area contributed by atoms with Crippen LogP contribution in [-0.4, -0.2) is 59.3 Å². The summed E-state index contributed by atoms with van der Waals surface area (Å²) in [7, 11) is 0. The van der Waals surface area contributed by atoms with Crippen molar-refractivity contribution in [2.45, 2.75) is 75.2 Å². The van der Waals surface area contributed by atoms with Gasteiger partial charge in [0.1, 0.15) is 5.75 Å². The van der Waals surface area contributed by atoms with Crippen LogP contribution in [0.4, 0.5) is 5.69 Å². The first-order valence-electron chi connectivity index (χ1n) is 15.5. The summed E-state index contributed by atoms with van der Waals surface area (Å²) in [5, 5.41) is 43.4. The number of ether oxygens (including phenoxy) is 2. The van der Waals surface area contributed by atoms with Crippen LogP contribution in [0.5, 0.6) is 5.75 Å². The number of unbranched alkanes of at least 4 members (excludes halogenated alkanes) is 3. The van der Waals surface area contributed by atoms with Crippen LogP contribution < -0.4 is 10.8 Å². The fourth-order valence-electron chi connectivity index (χ4n) is 5.18. The number of aromatic nitrogens is 4. The zero-order valence-corrected chi connectivity index (χ0v) is 26.5. The molecule has 3 aromatic carbocycles. The molecule has 1 fully saturated rings. The number of phenols is 1. The van der Waals surface area contributed by atoms with Crippen LogP contribution in [0.15, 0.2) is 78.0 Å². The quantitative estimate of drug-likeness (QED) is 0.0501. The number of aliphatic hydroxyl groups excluding tert-OH is 1. The van der Waals surface area contributed by atoms with Crippen molar-refractivity contribution in [1.82, 2.24) is 25.7 Å². The van der Waals surface area contributed by atoms with Crippen LogP contribution in [0, 0.1) is 0 Å². The predicted octanol–water partition coefficient (Wildman–Crippen LogP) is 4.98. The number of rotatable bonds is 15. The Kier molecular flexibility index (Phi) is 12.3. The van der Waals surface area contributed by atoms with Gasteiger partial charge in [0.2, 0.25) is 17.0 Å². The molecule has 1 saturated heterocycles. The SMILES string of the molecule is O=C(CCCCCCC(=O)Nc1cccc(C2OC(CSc3nnnn3-c3ccc(O)cc3)CC(c3ccc(CO)cc3)O2)c1)NO. The van der Waals surface area contributed by atoms with Crippen molar-refractivity contribution in [3.8, 4) is 11.4 Å². The number of amides is 2. The Morgan fingerprint density at radius 3 is 2.38 bits per heavy atom. The lowest BCUT2D eigenvalue weighted by Crippen LogP contribution is -2.31. The Morgan fingerprint density at radius 1 is 0.915 bits per heavy atom. The lowest BCUT2D eigenvalue weighted by molar-refractivity contribution is -0.245. The molecule has 0 aliphatic carbocycles. The van der Waals surface area contributed by atoms with Gasteiger partial charge in [0.05, 0.1) is 24.5 Å². The number of tetrazole rings is 1. The lowest BCUT2D eigenvalue weighted by atomic mass is 10.0. The lowest BCUT2D eigenvalue weighted by Gasteiger charge is -2.36. The number of hydrogen-bond acceptors (Lipinski definition) is 11. The highest BCUT2D eigenvalue weighted by molar-refractivity contribution is 7.99. The van der Waals surface area contributed by atoms with Crippen LogP contribution in [0.25, 0.3) is 5.69 Å². The number of carbonyl (C=O) groups excluding carboxylic acids is 2. The molecule has 5 rings (SSSR count). The summed E-state index contributed by atoms with van der Waals surface area (Å²) < 4.78 is 14.5. The van der Waals surface area contributed by atoms with Gasteiger partial charge in [-0.25, -0.2) is 5.48 Å². The first-order chi connectivity index (χ1) is 22.9. The molecule has 14 heteroatoms. The van der Waals surface area contributed by atoms with Crippen LogP contribution >= 0.6 is 11.8 Å². The number of aromatic hydroxyl groups is 1. The molecule has 4 aromatic rings. The van der Waals surface area contributed by atoms with Crippen molar-refractivity contribution in [2.24, 2.45) is 0 Å². The molecular formula is C33H38N6O7S. The average Bonchev–Trinajstić information content (AvgIpc) is 3.57. The minimum atomic E-state index is -0.710. The molecule has 2 amide bonds. The van der Waals surface area contributed by atoms with Crippen molar-refractivity contribution in [2.75, 3.05) is 11.1 Å². The largest absolute Gasteiger partial charge is 0.508 e. The third-order valence-corrected chi connectivity index (χ3v) is 8.72. The van der Waals surface area contributed by atoms with Crippen LogP contribution in [-0.2, 0) is 25.7 Å². The average molecular weight is 663 g/mol. The second-order valence-corrected chi connectivity index (χ2v) is 12.2. The number of thioether (sulfide) groups is 1. The Hall–Kier alpha value is -4.34. The van der Waals surface area contributed by atoms with Gasteiger partial charge in [-0.1, -0.05) is 61.0 Å². The molecule has 0 radical (unpaired) electrons. The van der Waals surface area contributed by atoms with Gasteiger partial charge in [-0.15, -0.1) is 5.10 Å². The molecule has 1 aliphatic heterocycles. The van der Waals surface area contributed by atoms with Crippen molar-refractivity contribution in [1.29, 1.82) is 0 Å². The van der Waals surface area contributed by atoms with E-state index in [1.165, 1.54) is 11.8 Å². The number of nitrogens with one attached hydrogen (secondary N) is 2. The van der Waals surface area contributed by atoms with Gasteiger partial charge in [0, 0.05) is 36.3 Å². The third-order valence-electron chi connectivity index (χ3n) is 7.67. The number of anilines is 1. The van der Waals surface area contributed by atoms with Gasteiger partial charge >= 0.3 is 0 Å². The number of benzene rings is 3. The van der Waals surface area contributed by atoms with E-state index in [0.29, 0.717) is 48.0 Å². The van der Waals surface area contributed by atoms with E-state index in [4.69, 9.17) is 14.7 Å². The monoisotopic (exact) mass is 662 g/mol. The zero-order chi connectivity index (χ0) is 33.0. The van der Waals surface area contributed by atoms with Gasteiger partial charge in [0.25, 0.3) is 0 Å². The Balaban J connectivity index is 1.24. The van der Waals surface area contributed by atoms with Gasteiger partial charge in [-0.2, -0.15) is 4.68 Å². The van der Waals surface area contributed by atoms with Gasteiger partial charge in [0.15, 0.2) is 6.29 Å². The summed E-state index contributed by atoms with van der Waals surface area (Å²) in [6, 6.07) is 21.7. The first-order valence-corrected chi connectivity index (χ1v) is 16.4. The van der Waals surface area contributed by atoms with E-state index in [9.17, 15) is 19.8 Å². The third kappa shape index (κ3) is 9.83. The van der Waals surface area contributed by atoms with E-state index in [2.05, 4.69) is 20.8 Å². The van der Waals surface area contributed by atoms with Crippen LogP contribution in [0.2, 0.25) is 0 Å². The highest BCUT2D eigenvalue weighted by atomic mass is 32.2. The molecule has 248 valence electrons. The maximum Gasteiger partial charge on any atom is 0.243 e. The molecule has 0 spiro atoms. The van der Waals surface area contributed by atoms with E-state index in [-0.39, 0.29) is 36.9 Å². The zero-order valence-electron chi connectivity index (χ0n) is 25.7. The highest BCUT2D eigenvalue weighted by Gasteiger charge is 2.33. The number of nitrogens with zero attached hydrogens (tertiary/aromatic N) is 4. The van der Waals surface area contributed by atoms with Gasteiger partial charge in [-0.05, 0) is 70.8 Å². The summed E-state index contributed by atoms with van der Waals surface area (Å²) in [4.78, 5) is 23.8. The summed E-state index contributed by atoms with van der Waals surface area (Å²) in [5.41, 5.74) is 5.49. The minimum Gasteiger partial charge on any atom is -0.508 e. The second-order valence-electron chi connectivity index (χ2n) is 11.2. The first kappa shape index (κ1) is 34.0.